The number of rotatable bonds is 0. The first-order valence-electron chi connectivity index (χ1n) is 4.00. The van der Waals surface area contributed by atoms with Crippen LogP contribution in [0.25, 0.3) is 0 Å². The van der Waals surface area contributed by atoms with Gasteiger partial charge >= 0.3 is 0 Å². The molecule has 1 atom stereocenters. The summed E-state index contributed by atoms with van der Waals surface area (Å²) in [5.74, 6) is 0.610. The highest BCUT2D eigenvalue weighted by atomic mass is 14.5. The second-order valence-corrected chi connectivity index (χ2v) is 3.16. The highest BCUT2D eigenvalue weighted by Crippen LogP contribution is 2.13. The molecule has 0 bridgehead atoms. The normalized spacial score (nSPS) is 29.8. The molecule has 0 aliphatic heterocycles. The van der Waals surface area contributed by atoms with Crippen molar-refractivity contribution in [3.63, 3.8) is 0 Å². The minimum absolute atomic E-state index is 0.610. The van der Waals surface area contributed by atoms with E-state index in [4.69, 9.17) is 5.73 Å². The van der Waals surface area contributed by atoms with E-state index in [1.807, 2.05) is 6.08 Å². The molecule has 0 fully saturated rings. The van der Waals surface area contributed by atoms with Crippen LogP contribution in [0.3, 0.4) is 0 Å². The maximum absolute atomic E-state index is 5.68. The largest absolute Gasteiger partial charge is 0.399 e. The number of allylic oxidation sites excluding steroid dienone is 5. The van der Waals surface area contributed by atoms with Crippen LogP contribution in [0.4, 0.5) is 0 Å². The monoisotopic (exact) mass is 149 g/mol. The average Bonchev–Trinajstić information content (AvgIpc) is 1.95. The van der Waals surface area contributed by atoms with Crippen LogP contribution in [0.1, 0.15) is 20.3 Å². The Kier molecular flexibility index (Phi) is 2.53. The van der Waals surface area contributed by atoms with Crippen LogP contribution < -0.4 is 5.73 Å². The van der Waals surface area contributed by atoms with Gasteiger partial charge < -0.3 is 5.73 Å². The number of hydrogen-bond acceptors (Lipinski definition) is 1. The first-order valence-corrected chi connectivity index (χ1v) is 4.00. The third-order valence-corrected chi connectivity index (χ3v) is 1.81. The lowest BCUT2D eigenvalue weighted by atomic mass is 10.0. The summed E-state index contributed by atoms with van der Waals surface area (Å²) in [6, 6.07) is 0. The van der Waals surface area contributed by atoms with E-state index in [9.17, 15) is 0 Å². The van der Waals surface area contributed by atoms with Gasteiger partial charge in [-0.1, -0.05) is 30.7 Å². The van der Waals surface area contributed by atoms with Crippen molar-refractivity contribution in [2.75, 3.05) is 0 Å². The van der Waals surface area contributed by atoms with Gasteiger partial charge in [-0.2, -0.15) is 0 Å². The fraction of sp³-hybridized carbons (Fsp3) is 0.400. The van der Waals surface area contributed by atoms with Gasteiger partial charge in [-0.25, -0.2) is 0 Å². The van der Waals surface area contributed by atoms with E-state index in [1.165, 1.54) is 5.57 Å². The van der Waals surface area contributed by atoms with E-state index in [1.54, 1.807) is 0 Å². The molecule has 1 unspecified atom stereocenters. The highest BCUT2D eigenvalue weighted by Gasteiger charge is 1.98. The highest BCUT2D eigenvalue weighted by molar-refractivity contribution is 5.27. The van der Waals surface area contributed by atoms with Gasteiger partial charge in [-0.05, 0) is 25.3 Å². The molecule has 11 heavy (non-hydrogen) atoms. The van der Waals surface area contributed by atoms with E-state index >= 15 is 0 Å². The Bertz CT molecular complexity index is 221. The molecule has 0 heterocycles. The van der Waals surface area contributed by atoms with Crippen LogP contribution in [-0.2, 0) is 0 Å². The zero-order valence-corrected chi connectivity index (χ0v) is 7.17. The predicted molar refractivity (Wildman–Crippen MR) is 48.9 cm³/mol. The second-order valence-electron chi connectivity index (χ2n) is 3.16. The molecule has 0 saturated carbocycles. The lowest BCUT2D eigenvalue weighted by Gasteiger charge is -2.06. The first kappa shape index (κ1) is 8.12. The summed E-state index contributed by atoms with van der Waals surface area (Å²) in [7, 11) is 0. The molecule has 0 aromatic heterocycles. The molecule has 0 radical (unpaired) electrons. The van der Waals surface area contributed by atoms with Crippen molar-refractivity contribution in [1.82, 2.24) is 0 Å². The molecule has 0 amide bonds. The minimum atomic E-state index is 0.610. The van der Waals surface area contributed by atoms with Crippen molar-refractivity contribution in [3.8, 4) is 0 Å². The van der Waals surface area contributed by atoms with Gasteiger partial charge in [0.25, 0.3) is 0 Å². The maximum atomic E-state index is 5.68. The summed E-state index contributed by atoms with van der Waals surface area (Å²) in [6.45, 7) is 4.30. The van der Waals surface area contributed by atoms with Gasteiger partial charge in [0.1, 0.15) is 0 Å². The first-order chi connectivity index (χ1) is 5.18. The summed E-state index contributed by atoms with van der Waals surface area (Å²) in [5.41, 5.74) is 7.85. The maximum Gasteiger partial charge on any atom is 0.0273 e. The van der Waals surface area contributed by atoms with Crippen LogP contribution in [0, 0.1) is 5.92 Å². The predicted octanol–water partition coefficient (Wildman–Crippen LogP) is 2.37. The molecule has 0 saturated heterocycles. The molecule has 1 aliphatic carbocycles. The Balaban J connectivity index is 2.82. The van der Waals surface area contributed by atoms with E-state index in [0.717, 1.165) is 12.1 Å². The third-order valence-electron chi connectivity index (χ3n) is 1.81. The molecule has 0 aromatic carbocycles. The van der Waals surface area contributed by atoms with Gasteiger partial charge in [0, 0.05) is 5.70 Å². The van der Waals surface area contributed by atoms with E-state index in [0.29, 0.717) is 5.92 Å². The van der Waals surface area contributed by atoms with Crippen LogP contribution in [-0.4, -0.2) is 0 Å². The summed E-state index contributed by atoms with van der Waals surface area (Å²) in [4.78, 5) is 0. The van der Waals surface area contributed by atoms with Crippen molar-refractivity contribution < 1.29 is 0 Å². The van der Waals surface area contributed by atoms with Crippen molar-refractivity contribution >= 4 is 0 Å². The van der Waals surface area contributed by atoms with Gasteiger partial charge in [-0.3, -0.25) is 0 Å². The van der Waals surface area contributed by atoms with Gasteiger partial charge in [-0.15, -0.1) is 0 Å². The molecule has 2 N–H and O–H groups in total. The summed E-state index contributed by atoms with van der Waals surface area (Å²) < 4.78 is 0. The topological polar surface area (TPSA) is 26.0 Å². The molecule has 1 aliphatic rings. The Morgan fingerprint density at radius 2 is 2.18 bits per heavy atom. The summed E-state index contributed by atoms with van der Waals surface area (Å²) in [6.07, 6.45) is 9.40. The molecule has 60 valence electrons. The Labute approximate surface area is 68.3 Å². The molecule has 0 spiro atoms. The molecular weight excluding hydrogens is 134 g/mol. The molecule has 1 rings (SSSR count). The Hall–Kier alpha value is -0.980. The van der Waals surface area contributed by atoms with Gasteiger partial charge in [0.15, 0.2) is 0 Å². The van der Waals surface area contributed by atoms with Crippen molar-refractivity contribution in [1.29, 1.82) is 0 Å². The standard InChI is InChI=1S/C10H15N/c1-8-3-5-10(11)6-4-9(2)7-8/h3,5-7,9H,4,11H2,1-2H3/b5-3?,8-7?,10-6-. The van der Waals surface area contributed by atoms with Crippen LogP contribution in [0.5, 0.6) is 0 Å². The lowest BCUT2D eigenvalue weighted by Crippen LogP contribution is -1.98. The third kappa shape index (κ3) is 2.62. The Morgan fingerprint density at radius 3 is 2.91 bits per heavy atom. The molecule has 1 nitrogen and oxygen atoms in total. The molecule has 0 aromatic rings. The summed E-state index contributed by atoms with van der Waals surface area (Å²) >= 11 is 0. The van der Waals surface area contributed by atoms with E-state index in [2.05, 4.69) is 32.1 Å². The van der Waals surface area contributed by atoms with Crippen molar-refractivity contribution in [3.05, 3.63) is 35.6 Å². The summed E-state index contributed by atoms with van der Waals surface area (Å²) in [5, 5.41) is 0. The van der Waals surface area contributed by atoms with Gasteiger partial charge in [0.05, 0.1) is 0 Å². The van der Waals surface area contributed by atoms with E-state index < -0.39 is 0 Å². The minimum Gasteiger partial charge on any atom is -0.399 e. The smallest absolute Gasteiger partial charge is 0.0273 e. The van der Waals surface area contributed by atoms with Crippen molar-refractivity contribution in [2.24, 2.45) is 11.7 Å². The zero-order valence-electron chi connectivity index (χ0n) is 7.17. The number of nitrogens with two attached hydrogens (primary N) is 1. The van der Waals surface area contributed by atoms with E-state index in [-0.39, 0.29) is 0 Å². The second kappa shape index (κ2) is 3.42. The molecule has 1 heteroatoms. The lowest BCUT2D eigenvalue weighted by molar-refractivity contribution is 0.735. The molecular formula is C10H15N. The van der Waals surface area contributed by atoms with Crippen LogP contribution >= 0.6 is 0 Å². The quantitative estimate of drug-likeness (QED) is 0.562. The Morgan fingerprint density at radius 1 is 1.45 bits per heavy atom. The van der Waals surface area contributed by atoms with Crippen LogP contribution in [0.15, 0.2) is 35.6 Å². The SMILES string of the molecule is CC1=CC(C)C/C=C(\N)C=C1. The van der Waals surface area contributed by atoms with Gasteiger partial charge in [0.2, 0.25) is 0 Å². The zero-order chi connectivity index (χ0) is 8.27. The van der Waals surface area contributed by atoms with Crippen molar-refractivity contribution in [2.45, 2.75) is 20.3 Å². The number of hydrogen-bond donors (Lipinski definition) is 1. The average molecular weight is 149 g/mol. The fourth-order valence-electron chi connectivity index (χ4n) is 1.19. The van der Waals surface area contributed by atoms with Crippen LogP contribution in [0.2, 0.25) is 0 Å². The fourth-order valence-corrected chi connectivity index (χ4v) is 1.19.